The van der Waals surface area contributed by atoms with Gasteiger partial charge in [-0.1, -0.05) is 0 Å². The Bertz CT molecular complexity index is 1220. The summed E-state index contributed by atoms with van der Waals surface area (Å²) in [5, 5.41) is 6.22. The molecule has 0 saturated carbocycles. The van der Waals surface area contributed by atoms with E-state index in [-0.39, 0.29) is 18.1 Å². The Hall–Kier alpha value is -3.94. The first kappa shape index (κ1) is 20.3. The lowest BCUT2D eigenvalue weighted by Crippen LogP contribution is -2.17. The van der Waals surface area contributed by atoms with Gasteiger partial charge in [0, 0.05) is 36.6 Å². The first-order chi connectivity index (χ1) is 15.0. The third-order valence-electron chi connectivity index (χ3n) is 4.90. The molecule has 4 aromatic rings. The van der Waals surface area contributed by atoms with E-state index in [0.29, 0.717) is 17.9 Å². The molecular formula is C23H22FN5O2. The molecule has 0 spiro atoms. The molecule has 0 radical (unpaired) electrons. The smallest absolute Gasteiger partial charge is 0.226 e. The topological polar surface area (TPSA) is 80.5 Å². The molecule has 0 aliphatic rings. The minimum absolute atomic E-state index is 0.111. The van der Waals surface area contributed by atoms with Gasteiger partial charge in [0.2, 0.25) is 5.91 Å². The van der Waals surface area contributed by atoms with Crippen molar-refractivity contribution < 1.29 is 13.9 Å². The van der Waals surface area contributed by atoms with Gasteiger partial charge in [0.1, 0.15) is 23.1 Å². The number of carbonyl (C=O) groups is 1. The summed E-state index contributed by atoms with van der Waals surface area (Å²) in [6.45, 7) is 2.31. The number of imidazole rings is 1. The largest absolute Gasteiger partial charge is 0.497 e. The van der Waals surface area contributed by atoms with Crippen LogP contribution in [0.5, 0.6) is 5.75 Å². The van der Waals surface area contributed by atoms with E-state index in [1.54, 1.807) is 37.8 Å². The Kier molecular flexibility index (Phi) is 5.79. The molecule has 7 nitrogen and oxygen atoms in total. The summed E-state index contributed by atoms with van der Waals surface area (Å²) in [4.78, 5) is 21.2. The second-order valence-electron chi connectivity index (χ2n) is 7.03. The van der Waals surface area contributed by atoms with Crippen LogP contribution in [0.15, 0.2) is 61.1 Å². The number of methoxy groups -OCH3 is 1. The zero-order valence-corrected chi connectivity index (χ0v) is 17.2. The van der Waals surface area contributed by atoms with E-state index in [1.807, 2.05) is 29.5 Å². The number of hydrogen-bond acceptors (Lipinski definition) is 5. The minimum Gasteiger partial charge on any atom is -0.497 e. The van der Waals surface area contributed by atoms with Crippen molar-refractivity contribution in [1.29, 1.82) is 0 Å². The number of nitrogens with zero attached hydrogens (tertiary/aromatic N) is 3. The molecule has 0 aliphatic heterocycles. The van der Waals surface area contributed by atoms with E-state index in [4.69, 9.17) is 4.74 Å². The monoisotopic (exact) mass is 419 g/mol. The van der Waals surface area contributed by atoms with Crippen LogP contribution in [0, 0.1) is 12.7 Å². The molecule has 158 valence electrons. The number of ether oxygens (including phenoxy) is 1. The normalized spacial score (nSPS) is 10.8. The van der Waals surface area contributed by atoms with E-state index >= 15 is 0 Å². The number of aryl methyl sites for hydroxylation is 1. The van der Waals surface area contributed by atoms with Crippen molar-refractivity contribution in [1.82, 2.24) is 14.4 Å². The third kappa shape index (κ3) is 4.48. The number of halogens is 1. The standard InChI is InChI=1S/C23H22FN5O2/c1-15-13-18(31-2)7-8-19(15)27-21(30)9-10-26-23-22(16-3-5-17(24)6-4-16)28-20-14-25-11-12-29(20)23/h3-8,11-14,26H,9-10H2,1-2H3,(H,27,30). The maximum atomic E-state index is 13.3. The lowest BCUT2D eigenvalue weighted by Gasteiger charge is -2.11. The number of amides is 1. The van der Waals surface area contributed by atoms with Crippen molar-refractivity contribution in [3.05, 3.63) is 72.4 Å². The second kappa shape index (κ2) is 8.83. The predicted octanol–water partition coefficient (Wildman–Crippen LogP) is 4.29. The average Bonchev–Trinajstić information content (AvgIpc) is 3.14. The van der Waals surface area contributed by atoms with E-state index in [0.717, 1.165) is 28.4 Å². The molecule has 31 heavy (non-hydrogen) atoms. The molecule has 1 amide bonds. The summed E-state index contributed by atoms with van der Waals surface area (Å²) in [6, 6.07) is 11.6. The van der Waals surface area contributed by atoms with Crippen molar-refractivity contribution in [2.24, 2.45) is 0 Å². The molecule has 0 unspecified atom stereocenters. The molecule has 4 rings (SSSR count). The van der Waals surface area contributed by atoms with Crippen LogP contribution in [-0.4, -0.2) is 33.9 Å². The average molecular weight is 419 g/mol. The van der Waals surface area contributed by atoms with E-state index in [2.05, 4.69) is 20.6 Å². The number of hydrogen-bond donors (Lipinski definition) is 2. The Balaban J connectivity index is 1.48. The van der Waals surface area contributed by atoms with Gasteiger partial charge in [-0.3, -0.25) is 14.2 Å². The fourth-order valence-electron chi connectivity index (χ4n) is 3.30. The lowest BCUT2D eigenvalue weighted by atomic mass is 10.1. The van der Waals surface area contributed by atoms with Gasteiger partial charge in [-0.25, -0.2) is 9.37 Å². The van der Waals surface area contributed by atoms with Crippen LogP contribution >= 0.6 is 0 Å². The minimum atomic E-state index is -0.311. The van der Waals surface area contributed by atoms with Gasteiger partial charge in [-0.15, -0.1) is 0 Å². The summed E-state index contributed by atoms with van der Waals surface area (Å²) in [5.74, 6) is 1.04. The van der Waals surface area contributed by atoms with Gasteiger partial charge in [-0.2, -0.15) is 0 Å². The summed E-state index contributed by atoms with van der Waals surface area (Å²) in [5.41, 5.74) is 3.76. The number of benzene rings is 2. The van der Waals surface area contributed by atoms with Gasteiger partial charge in [0.25, 0.3) is 0 Å². The van der Waals surface area contributed by atoms with E-state index < -0.39 is 0 Å². The molecular weight excluding hydrogens is 397 g/mol. The molecule has 0 saturated heterocycles. The molecule has 8 heteroatoms. The number of rotatable bonds is 7. The fourth-order valence-corrected chi connectivity index (χ4v) is 3.30. The predicted molar refractivity (Wildman–Crippen MR) is 118 cm³/mol. The first-order valence-electron chi connectivity index (χ1n) is 9.81. The van der Waals surface area contributed by atoms with Crippen LogP contribution in [0.2, 0.25) is 0 Å². The molecule has 0 fully saturated rings. The highest BCUT2D eigenvalue weighted by atomic mass is 19.1. The zero-order chi connectivity index (χ0) is 21.8. The van der Waals surface area contributed by atoms with Crippen molar-refractivity contribution >= 4 is 23.1 Å². The number of nitrogens with one attached hydrogen (secondary N) is 2. The molecule has 0 atom stereocenters. The highest BCUT2D eigenvalue weighted by Crippen LogP contribution is 2.28. The van der Waals surface area contributed by atoms with Gasteiger partial charge in [-0.05, 0) is 55.0 Å². The zero-order valence-electron chi connectivity index (χ0n) is 17.2. The molecule has 0 aliphatic carbocycles. The van der Waals surface area contributed by atoms with Crippen LogP contribution in [-0.2, 0) is 4.79 Å². The van der Waals surface area contributed by atoms with Gasteiger partial charge in [0.05, 0.1) is 13.3 Å². The Morgan fingerprint density at radius 1 is 1.19 bits per heavy atom. The van der Waals surface area contributed by atoms with Gasteiger partial charge >= 0.3 is 0 Å². The summed E-state index contributed by atoms with van der Waals surface area (Å²) in [7, 11) is 1.61. The summed E-state index contributed by atoms with van der Waals surface area (Å²) >= 11 is 0. The van der Waals surface area contributed by atoms with Crippen molar-refractivity contribution in [2.75, 3.05) is 24.3 Å². The number of anilines is 2. The molecule has 2 aromatic heterocycles. The first-order valence-corrected chi connectivity index (χ1v) is 9.81. The molecule has 2 N–H and O–H groups in total. The van der Waals surface area contributed by atoms with Crippen LogP contribution in [0.1, 0.15) is 12.0 Å². The molecule has 2 heterocycles. The maximum Gasteiger partial charge on any atom is 0.226 e. The van der Waals surface area contributed by atoms with Crippen molar-refractivity contribution in [3.63, 3.8) is 0 Å². The Morgan fingerprint density at radius 3 is 2.74 bits per heavy atom. The van der Waals surface area contributed by atoms with E-state index in [9.17, 15) is 9.18 Å². The van der Waals surface area contributed by atoms with Crippen LogP contribution in [0.25, 0.3) is 16.9 Å². The number of fused-ring (bicyclic) bond motifs is 1. The summed E-state index contributed by atoms with van der Waals surface area (Å²) < 4.78 is 20.4. The van der Waals surface area contributed by atoms with Crippen LogP contribution in [0.4, 0.5) is 15.9 Å². The number of aromatic nitrogens is 3. The molecule has 0 bridgehead atoms. The van der Waals surface area contributed by atoms with Gasteiger partial charge < -0.3 is 15.4 Å². The Labute approximate surface area is 178 Å². The molecule has 2 aromatic carbocycles. The maximum absolute atomic E-state index is 13.3. The highest BCUT2D eigenvalue weighted by Gasteiger charge is 2.15. The van der Waals surface area contributed by atoms with Crippen LogP contribution < -0.4 is 15.4 Å². The third-order valence-corrected chi connectivity index (χ3v) is 4.90. The number of carbonyl (C=O) groups excluding carboxylic acids is 1. The van der Waals surface area contributed by atoms with Gasteiger partial charge in [0.15, 0.2) is 5.65 Å². The fraction of sp³-hybridized carbons (Fsp3) is 0.174. The van der Waals surface area contributed by atoms with Crippen molar-refractivity contribution in [2.45, 2.75) is 13.3 Å². The Morgan fingerprint density at radius 2 is 2.00 bits per heavy atom. The van der Waals surface area contributed by atoms with Crippen LogP contribution in [0.3, 0.4) is 0 Å². The van der Waals surface area contributed by atoms with E-state index in [1.165, 1.54) is 12.1 Å². The summed E-state index contributed by atoms with van der Waals surface area (Å²) in [6.07, 6.45) is 5.36. The highest BCUT2D eigenvalue weighted by molar-refractivity contribution is 5.92. The second-order valence-corrected chi connectivity index (χ2v) is 7.03. The van der Waals surface area contributed by atoms with Crippen molar-refractivity contribution in [3.8, 4) is 17.0 Å². The SMILES string of the molecule is COc1ccc(NC(=O)CCNc2c(-c3ccc(F)cc3)nc3cnccn23)c(C)c1. The quantitative estimate of drug-likeness (QED) is 0.467. The lowest BCUT2D eigenvalue weighted by molar-refractivity contribution is -0.115.